The van der Waals surface area contributed by atoms with E-state index in [1.807, 2.05) is 0 Å². The van der Waals surface area contributed by atoms with Crippen LogP contribution in [-0.4, -0.2) is 19.7 Å². The van der Waals surface area contributed by atoms with Gasteiger partial charge in [0.25, 0.3) is 0 Å². The lowest BCUT2D eigenvalue weighted by molar-refractivity contribution is 0.609. The number of fused-ring (bicyclic) bond motifs is 17. The van der Waals surface area contributed by atoms with Crippen LogP contribution in [0.15, 0.2) is 211 Å². The standard InChI is InChI=1S/C61H42N4O/c1-37-34-49-45-31-33-56-57(46-23-8-13-28-53(46)64(56)40-19-15-18-39(35-40)63-50-25-10-5-20-42(50)43-21-6-11-26-51(43)63)60(45)66-61(49)58-47-24-9-14-29-54(47)65(59(37)58)41-30-32-55-48(36-41)44-22-7-12-27-52(44)62(55)38-16-3-2-4-17-38/h2-33,35-37,48,55H,34H2,1H3. The molecule has 15 rings (SSSR count). The third kappa shape index (κ3) is 4.79. The Balaban J connectivity index is 0.911. The van der Waals surface area contributed by atoms with E-state index in [0.717, 1.165) is 45.6 Å². The van der Waals surface area contributed by atoms with Gasteiger partial charge in [-0.1, -0.05) is 134 Å². The van der Waals surface area contributed by atoms with Crippen LogP contribution in [0.1, 0.15) is 35.6 Å². The summed E-state index contributed by atoms with van der Waals surface area (Å²) in [6, 6.07) is 68.9. The number of benzene rings is 8. The van der Waals surface area contributed by atoms with Crippen molar-refractivity contribution in [3.05, 3.63) is 223 Å². The molecule has 3 atom stereocenters. The van der Waals surface area contributed by atoms with Gasteiger partial charge in [0.15, 0.2) is 0 Å². The van der Waals surface area contributed by atoms with Gasteiger partial charge in [0.2, 0.25) is 0 Å². The Kier molecular flexibility index (Phi) is 7.32. The van der Waals surface area contributed by atoms with Crippen molar-refractivity contribution in [1.29, 1.82) is 0 Å². The van der Waals surface area contributed by atoms with Gasteiger partial charge < -0.3 is 23.0 Å². The number of hydrogen-bond acceptors (Lipinski definition) is 2. The third-order valence-electron chi connectivity index (χ3n) is 15.0. The van der Waals surface area contributed by atoms with Crippen LogP contribution in [0.3, 0.4) is 0 Å². The van der Waals surface area contributed by atoms with E-state index in [-0.39, 0.29) is 17.9 Å². The highest BCUT2D eigenvalue weighted by Crippen LogP contribution is 2.54. The van der Waals surface area contributed by atoms with Gasteiger partial charge in [0, 0.05) is 84.0 Å². The molecular weight excluding hydrogens is 805 g/mol. The summed E-state index contributed by atoms with van der Waals surface area (Å²) in [5.41, 5.74) is 18.1. The lowest BCUT2D eigenvalue weighted by Crippen LogP contribution is -2.29. The molecule has 0 amide bonds. The molecule has 0 saturated carbocycles. The van der Waals surface area contributed by atoms with Crippen molar-refractivity contribution in [2.24, 2.45) is 0 Å². The molecule has 12 aromatic rings. The normalized spacial score (nSPS) is 17.6. The molecule has 1 aliphatic heterocycles. The van der Waals surface area contributed by atoms with E-state index < -0.39 is 0 Å². The molecule has 5 heterocycles. The Morgan fingerprint density at radius 2 is 1.09 bits per heavy atom. The summed E-state index contributed by atoms with van der Waals surface area (Å²) in [6.45, 7) is 2.41. The van der Waals surface area contributed by atoms with Crippen LogP contribution in [0.5, 0.6) is 0 Å². The van der Waals surface area contributed by atoms with Crippen LogP contribution >= 0.6 is 0 Å². The molecule has 8 aromatic carbocycles. The fraction of sp³-hybridized carbons (Fsp3) is 0.0820. The Morgan fingerprint density at radius 1 is 0.500 bits per heavy atom. The van der Waals surface area contributed by atoms with E-state index in [9.17, 15) is 0 Å². The van der Waals surface area contributed by atoms with E-state index in [4.69, 9.17) is 4.42 Å². The van der Waals surface area contributed by atoms with Crippen LogP contribution in [0.2, 0.25) is 0 Å². The Hall–Kier alpha value is -8.28. The Labute approximate surface area is 381 Å². The minimum Gasteiger partial charge on any atom is -0.455 e. The maximum atomic E-state index is 7.43. The van der Waals surface area contributed by atoms with Gasteiger partial charge in [0.05, 0.1) is 39.0 Å². The molecule has 2 aliphatic carbocycles. The SMILES string of the molecule is CC1Cc2c(oc3c2ccc2c3c3ccccc3n2-c2cccc(-n3c4ccccc4c4ccccc43)c2)-c2c1n(C1=CC3c4ccccc4N(c4ccccc4)C3C=C1)c1ccccc21. The summed E-state index contributed by atoms with van der Waals surface area (Å²) in [5, 5.41) is 7.30. The predicted octanol–water partition coefficient (Wildman–Crippen LogP) is 15.6. The molecule has 4 aromatic heterocycles. The molecule has 0 saturated heterocycles. The number of nitrogens with zero attached hydrogens (tertiary/aromatic N) is 4. The van der Waals surface area contributed by atoms with Crippen LogP contribution in [0, 0.1) is 0 Å². The highest BCUT2D eigenvalue weighted by molar-refractivity contribution is 6.21. The van der Waals surface area contributed by atoms with Gasteiger partial charge in [0.1, 0.15) is 11.3 Å². The summed E-state index contributed by atoms with van der Waals surface area (Å²) in [5.74, 6) is 1.47. The molecule has 0 bridgehead atoms. The third-order valence-corrected chi connectivity index (χ3v) is 15.0. The van der Waals surface area contributed by atoms with E-state index in [1.54, 1.807) is 0 Å². The zero-order valence-electron chi connectivity index (χ0n) is 36.3. The van der Waals surface area contributed by atoms with Gasteiger partial charge in [-0.15, -0.1) is 0 Å². The van der Waals surface area contributed by atoms with Crippen molar-refractivity contribution in [1.82, 2.24) is 13.7 Å². The second-order valence-electron chi connectivity index (χ2n) is 18.4. The average Bonchev–Trinajstić information content (AvgIpc) is 4.17. The number of furan rings is 1. The van der Waals surface area contributed by atoms with Crippen LogP contribution < -0.4 is 4.90 Å². The lowest BCUT2D eigenvalue weighted by Gasteiger charge is -2.30. The molecule has 3 aliphatic rings. The highest BCUT2D eigenvalue weighted by atomic mass is 16.3. The lowest BCUT2D eigenvalue weighted by atomic mass is 9.85. The first-order valence-electron chi connectivity index (χ1n) is 23.2. The second kappa shape index (κ2) is 13.4. The summed E-state index contributed by atoms with van der Waals surface area (Å²) >= 11 is 0. The summed E-state index contributed by atoms with van der Waals surface area (Å²) in [7, 11) is 0. The molecule has 312 valence electrons. The zero-order chi connectivity index (χ0) is 43.2. The zero-order valence-corrected chi connectivity index (χ0v) is 36.3. The van der Waals surface area contributed by atoms with Gasteiger partial charge in [-0.3, -0.25) is 0 Å². The summed E-state index contributed by atoms with van der Waals surface area (Å²) < 4.78 is 14.8. The Bertz CT molecular complexity index is 4020. The quantitative estimate of drug-likeness (QED) is 0.177. The van der Waals surface area contributed by atoms with Crippen molar-refractivity contribution in [2.45, 2.75) is 31.2 Å². The first-order valence-corrected chi connectivity index (χ1v) is 23.2. The maximum absolute atomic E-state index is 7.43. The minimum atomic E-state index is 0.200. The Morgan fingerprint density at radius 3 is 1.83 bits per heavy atom. The number of para-hydroxylation sites is 6. The van der Waals surface area contributed by atoms with E-state index >= 15 is 0 Å². The van der Waals surface area contributed by atoms with Crippen molar-refractivity contribution >= 4 is 82.6 Å². The molecule has 0 radical (unpaired) electrons. The minimum absolute atomic E-state index is 0.200. The van der Waals surface area contributed by atoms with E-state index in [1.165, 1.54) is 82.9 Å². The van der Waals surface area contributed by atoms with Crippen LogP contribution in [0.4, 0.5) is 11.4 Å². The number of allylic oxidation sites excluding steroid dienone is 2. The van der Waals surface area contributed by atoms with Crippen molar-refractivity contribution < 1.29 is 4.42 Å². The first-order chi connectivity index (χ1) is 32.7. The summed E-state index contributed by atoms with van der Waals surface area (Å²) in [4.78, 5) is 2.51. The van der Waals surface area contributed by atoms with Gasteiger partial charge in [-0.05, 0) is 90.9 Å². The average molecular weight is 847 g/mol. The van der Waals surface area contributed by atoms with Gasteiger partial charge in [-0.2, -0.15) is 0 Å². The number of anilines is 2. The summed E-state index contributed by atoms with van der Waals surface area (Å²) in [6.07, 6.45) is 8.21. The molecule has 0 spiro atoms. The monoisotopic (exact) mass is 846 g/mol. The second-order valence-corrected chi connectivity index (χ2v) is 18.4. The molecule has 5 nitrogen and oxygen atoms in total. The van der Waals surface area contributed by atoms with E-state index in [2.05, 4.69) is 232 Å². The number of aromatic nitrogens is 3. The number of hydrogen-bond donors (Lipinski definition) is 0. The molecule has 3 unspecified atom stereocenters. The molecule has 0 fully saturated rings. The first kappa shape index (κ1) is 36.1. The predicted molar refractivity (Wildman–Crippen MR) is 273 cm³/mol. The van der Waals surface area contributed by atoms with Crippen molar-refractivity contribution in [2.75, 3.05) is 4.90 Å². The smallest absolute Gasteiger partial charge is 0.145 e. The van der Waals surface area contributed by atoms with Gasteiger partial charge in [-0.25, -0.2) is 0 Å². The van der Waals surface area contributed by atoms with E-state index in [0.29, 0.717) is 0 Å². The molecule has 66 heavy (non-hydrogen) atoms. The molecular formula is C61H42N4O. The molecule has 5 heteroatoms. The number of rotatable bonds is 4. The topological polar surface area (TPSA) is 31.2 Å². The molecule has 0 N–H and O–H groups in total. The van der Waals surface area contributed by atoms with Gasteiger partial charge >= 0.3 is 0 Å². The fourth-order valence-corrected chi connectivity index (χ4v) is 12.3. The van der Waals surface area contributed by atoms with Crippen LogP contribution in [-0.2, 0) is 6.42 Å². The highest BCUT2D eigenvalue weighted by Gasteiger charge is 2.40. The fourth-order valence-electron chi connectivity index (χ4n) is 12.3. The largest absolute Gasteiger partial charge is 0.455 e. The van der Waals surface area contributed by atoms with Crippen molar-refractivity contribution in [3.8, 4) is 22.7 Å². The van der Waals surface area contributed by atoms with Crippen LogP contribution in [0.25, 0.3) is 93.9 Å². The van der Waals surface area contributed by atoms with Crippen molar-refractivity contribution in [3.63, 3.8) is 0 Å². The maximum Gasteiger partial charge on any atom is 0.145 e.